The van der Waals surface area contributed by atoms with E-state index in [1.807, 2.05) is 19.1 Å². The number of benzene rings is 2. The molecule has 0 radical (unpaired) electrons. The Morgan fingerprint density at radius 3 is 2.53 bits per heavy atom. The average molecular weight is 493 g/mol. The highest BCUT2D eigenvalue weighted by molar-refractivity contribution is 5.80. The van der Waals surface area contributed by atoms with Gasteiger partial charge in [0.15, 0.2) is 5.82 Å². The van der Waals surface area contributed by atoms with Gasteiger partial charge in [-0.1, -0.05) is 26.0 Å². The third-order valence-corrected chi connectivity index (χ3v) is 6.61. The van der Waals surface area contributed by atoms with Crippen LogP contribution < -0.4 is 5.56 Å². The lowest BCUT2D eigenvalue weighted by Crippen LogP contribution is -2.36. The highest BCUT2D eigenvalue weighted by Crippen LogP contribution is 2.29. The van der Waals surface area contributed by atoms with Crippen LogP contribution in [0.4, 0.5) is 4.39 Å². The smallest absolute Gasteiger partial charge is 0.252 e. The van der Waals surface area contributed by atoms with Gasteiger partial charge in [-0.25, -0.2) is 9.07 Å². The van der Waals surface area contributed by atoms with E-state index in [9.17, 15) is 14.3 Å². The molecule has 2 aromatic carbocycles. The molecule has 2 N–H and O–H groups in total. The molecular formula is C27H33FN6O2. The number of aromatic amines is 1. The van der Waals surface area contributed by atoms with Crippen molar-refractivity contribution in [1.29, 1.82) is 0 Å². The van der Waals surface area contributed by atoms with Crippen molar-refractivity contribution in [1.82, 2.24) is 30.1 Å². The highest BCUT2D eigenvalue weighted by atomic mass is 19.1. The normalized spacial score (nSPS) is 12.7. The molecule has 0 aliphatic rings. The van der Waals surface area contributed by atoms with Gasteiger partial charge < -0.3 is 10.1 Å². The summed E-state index contributed by atoms with van der Waals surface area (Å²) in [6, 6.07) is 12.1. The third kappa shape index (κ3) is 5.68. The fraction of sp³-hybridized carbons (Fsp3) is 0.407. The lowest BCUT2D eigenvalue weighted by Gasteiger charge is -2.33. The second kappa shape index (κ2) is 11.1. The standard InChI is InChI=1S/C27H33FN6O2/c1-17(2)25(26-30-31-32-34(26)15-20-6-8-23(28)9-7-20)33(10-5-11-35)16-22-14-21-12-18(3)19(4)13-24(21)29-27(22)36/h6-9,12-14,17,25,35H,5,10-11,15-16H2,1-4H3,(H,29,36). The van der Waals surface area contributed by atoms with Crippen LogP contribution >= 0.6 is 0 Å². The molecule has 0 saturated heterocycles. The van der Waals surface area contributed by atoms with Crippen molar-refractivity contribution in [2.24, 2.45) is 5.92 Å². The van der Waals surface area contributed by atoms with E-state index >= 15 is 0 Å². The molecule has 0 aliphatic heterocycles. The Kier molecular flexibility index (Phi) is 7.91. The molecular weight excluding hydrogens is 459 g/mol. The Hall–Kier alpha value is -3.43. The van der Waals surface area contributed by atoms with Crippen LogP contribution in [-0.2, 0) is 13.1 Å². The van der Waals surface area contributed by atoms with Crippen molar-refractivity contribution >= 4 is 10.9 Å². The molecule has 0 aliphatic carbocycles. The lowest BCUT2D eigenvalue weighted by atomic mass is 9.99. The Bertz CT molecular complexity index is 1380. The number of hydrogen-bond acceptors (Lipinski definition) is 6. The molecule has 8 nitrogen and oxygen atoms in total. The Morgan fingerprint density at radius 1 is 1.11 bits per heavy atom. The van der Waals surface area contributed by atoms with Gasteiger partial charge in [0.2, 0.25) is 0 Å². The summed E-state index contributed by atoms with van der Waals surface area (Å²) in [5.41, 5.74) is 4.50. The van der Waals surface area contributed by atoms with Gasteiger partial charge >= 0.3 is 0 Å². The van der Waals surface area contributed by atoms with E-state index < -0.39 is 0 Å². The van der Waals surface area contributed by atoms with Gasteiger partial charge in [-0.05, 0) is 89.0 Å². The zero-order chi connectivity index (χ0) is 25.8. The molecule has 0 saturated carbocycles. The molecule has 190 valence electrons. The monoisotopic (exact) mass is 492 g/mol. The SMILES string of the molecule is Cc1cc2cc(CN(CCCO)C(c3nnnn3Cc3ccc(F)cc3)C(C)C)c(=O)[nH]c2cc1C. The van der Waals surface area contributed by atoms with Crippen LogP contribution in [0.5, 0.6) is 0 Å². The van der Waals surface area contributed by atoms with E-state index in [1.54, 1.807) is 16.8 Å². The summed E-state index contributed by atoms with van der Waals surface area (Å²) in [6.45, 7) is 9.64. The first kappa shape index (κ1) is 25.7. The van der Waals surface area contributed by atoms with Gasteiger partial charge in [0, 0.05) is 30.8 Å². The predicted octanol–water partition coefficient (Wildman–Crippen LogP) is 3.90. The Balaban J connectivity index is 1.70. The quantitative estimate of drug-likeness (QED) is 0.348. The molecule has 0 bridgehead atoms. The van der Waals surface area contributed by atoms with E-state index in [-0.39, 0.29) is 29.9 Å². The minimum atomic E-state index is -0.295. The van der Waals surface area contributed by atoms with Crippen LogP contribution in [0.15, 0.2) is 47.3 Å². The summed E-state index contributed by atoms with van der Waals surface area (Å²) in [7, 11) is 0. The maximum atomic E-state index is 13.4. The Labute approximate surface area is 209 Å². The van der Waals surface area contributed by atoms with Crippen LogP contribution in [0.1, 0.15) is 54.4 Å². The van der Waals surface area contributed by atoms with E-state index in [0.29, 0.717) is 37.4 Å². The van der Waals surface area contributed by atoms with Gasteiger partial charge in [0.1, 0.15) is 5.82 Å². The van der Waals surface area contributed by atoms with E-state index in [4.69, 9.17) is 0 Å². The van der Waals surface area contributed by atoms with Gasteiger partial charge in [-0.3, -0.25) is 9.69 Å². The van der Waals surface area contributed by atoms with Gasteiger partial charge in [-0.15, -0.1) is 5.10 Å². The molecule has 2 heterocycles. The van der Waals surface area contributed by atoms with Gasteiger partial charge in [-0.2, -0.15) is 0 Å². The number of aryl methyl sites for hydroxylation is 2. The second-order valence-corrected chi connectivity index (χ2v) is 9.71. The Morgan fingerprint density at radius 2 is 1.83 bits per heavy atom. The molecule has 2 aromatic heterocycles. The summed E-state index contributed by atoms with van der Waals surface area (Å²) in [6.07, 6.45) is 0.548. The average Bonchev–Trinajstić information content (AvgIpc) is 3.28. The zero-order valence-electron chi connectivity index (χ0n) is 21.2. The molecule has 4 rings (SSSR count). The summed E-state index contributed by atoms with van der Waals surface area (Å²) in [4.78, 5) is 18.2. The van der Waals surface area contributed by atoms with Gasteiger partial charge in [0.05, 0.1) is 12.6 Å². The van der Waals surface area contributed by atoms with Crippen LogP contribution in [0.2, 0.25) is 0 Å². The van der Waals surface area contributed by atoms with Crippen molar-refractivity contribution in [2.45, 2.75) is 53.2 Å². The van der Waals surface area contributed by atoms with Crippen LogP contribution in [0.25, 0.3) is 10.9 Å². The summed E-state index contributed by atoms with van der Waals surface area (Å²) < 4.78 is 15.1. The maximum Gasteiger partial charge on any atom is 0.252 e. The van der Waals surface area contributed by atoms with Crippen LogP contribution in [0, 0.1) is 25.6 Å². The second-order valence-electron chi connectivity index (χ2n) is 9.71. The van der Waals surface area contributed by atoms with Crippen molar-refractivity contribution in [3.63, 3.8) is 0 Å². The van der Waals surface area contributed by atoms with E-state index in [2.05, 4.69) is 52.2 Å². The molecule has 0 fully saturated rings. The number of nitrogens with one attached hydrogen (secondary N) is 1. The molecule has 9 heteroatoms. The maximum absolute atomic E-state index is 13.4. The lowest BCUT2D eigenvalue weighted by molar-refractivity contribution is 0.122. The third-order valence-electron chi connectivity index (χ3n) is 6.61. The van der Waals surface area contributed by atoms with Crippen molar-refractivity contribution < 1.29 is 9.50 Å². The first-order valence-corrected chi connectivity index (χ1v) is 12.3. The van der Waals surface area contributed by atoms with E-state index in [1.165, 1.54) is 12.1 Å². The number of hydrogen-bond donors (Lipinski definition) is 2. The largest absolute Gasteiger partial charge is 0.396 e. The minimum absolute atomic E-state index is 0.0361. The van der Waals surface area contributed by atoms with Crippen molar-refractivity contribution in [3.8, 4) is 0 Å². The highest BCUT2D eigenvalue weighted by Gasteiger charge is 2.29. The topological polar surface area (TPSA) is 99.9 Å². The number of pyridine rings is 1. The fourth-order valence-corrected chi connectivity index (χ4v) is 4.63. The number of H-pyrrole nitrogens is 1. The van der Waals surface area contributed by atoms with Gasteiger partial charge in [0.25, 0.3) is 5.56 Å². The number of nitrogens with zero attached hydrogens (tertiary/aromatic N) is 5. The molecule has 4 aromatic rings. The molecule has 1 unspecified atom stereocenters. The molecule has 1 atom stereocenters. The number of aliphatic hydroxyl groups is 1. The fourth-order valence-electron chi connectivity index (χ4n) is 4.63. The number of fused-ring (bicyclic) bond motifs is 1. The minimum Gasteiger partial charge on any atom is -0.396 e. The van der Waals surface area contributed by atoms with Crippen LogP contribution in [0.3, 0.4) is 0 Å². The number of rotatable bonds is 10. The van der Waals surface area contributed by atoms with Crippen molar-refractivity contribution in [2.75, 3.05) is 13.2 Å². The molecule has 0 spiro atoms. The summed E-state index contributed by atoms with van der Waals surface area (Å²) >= 11 is 0. The first-order valence-electron chi connectivity index (χ1n) is 12.3. The summed E-state index contributed by atoms with van der Waals surface area (Å²) in [5.74, 6) is 0.485. The van der Waals surface area contributed by atoms with Crippen molar-refractivity contribution in [3.05, 3.63) is 86.7 Å². The summed E-state index contributed by atoms with van der Waals surface area (Å²) in [5, 5.41) is 23.1. The number of aromatic nitrogens is 5. The van der Waals surface area contributed by atoms with E-state index in [0.717, 1.165) is 27.6 Å². The zero-order valence-corrected chi connectivity index (χ0v) is 21.2. The molecule has 0 amide bonds. The number of halogens is 1. The first-order chi connectivity index (χ1) is 17.3. The molecule has 36 heavy (non-hydrogen) atoms. The predicted molar refractivity (Wildman–Crippen MR) is 137 cm³/mol. The number of tetrazole rings is 1. The number of aliphatic hydroxyl groups excluding tert-OH is 1. The van der Waals surface area contributed by atoms with Crippen LogP contribution in [-0.4, -0.2) is 48.3 Å².